The highest BCUT2D eigenvalue weighted by Gasteiger charge is 2.49. The SMILES string of the molecule is CCCc1ccc([C@@]2(C)NC(=O)N(CC(=O)c3c[nH]c4c(CC)cccc34)C2=O)cc1. The lowest BCUT2D eigenvalue weighted by Gasteiger charge is -2.22. The fourth-order valence-electron chi connectivity index (χ4n) is 4.30. The number of urea groups is 1. The van der Waals surface area contributed by atoms with Crippen LogP contribution in [0.25, 0.3) is 10.9 Å². The monoisotopic (exact) mass is 417 g/mol. The molecule has 0 aliphatic carbocycles. The van der Waals surface area contributed by atoms with Gasteiger partial charge in [-0.05, 0) is 36.5 Å². The summed E-state index contributed by atoms with van der Waals surface area (Å²) in [5.74, 6) is -0.686. The van der Waals surface area contributed by atoms with Gasteiger partial charge in [0.1, 0.15) is 5.54 Å². The molecule has 0 unspecified atom stereocenters. The highest BCUT2D eigenvalue weighted by atomic mass is 16.2. The van der Waals surface area contributed by atoms with Gasteiger partial charge in [-0.2, -0.15) is 0 Å². The largest absolute Gasteiger partial charge is 0.360 e. The van der Waals surface area contributed by atoms with Crippen molar-refractivity contribution >= 4 is 28.6 Å². The summed E-state index contributed by atoms with van der Waals surface area (Å²) in [5, 5.41) is 3.59. The zero-order valence-electron chi connectivity index (χ0n) is 18.1. The Morgan fingerprint density at radius 3 is 2.48 bits per heavy atom. The van der Waals surface area contributed by atoms with Crippen molar-refractivity contribution in [2.45, 2.75) is 45.6 Å². The van der Waals surface area contributed by atoms with Crippen molar-refractivity contribution in [2.24, 2.45) is 0 Å². The van der Waals surface area contributed by atoms with Crippen LogP contribution in [0, 0.1) is 0 Å². The molecule has 1 saturated heterocycles. The van der Waals surface area contributed by atoms with Crippen molar-refractivity contribution in [3.8, 4) is 0 Å². The van der Waals surface area contributed by atoms with E-state index < -0.39 is 17.5 Å². The molecule has 3 aromatic rings. The maximum atomic E-state index is 13.2. The number of aromatic nitrogens is 1. The highest BCUT2D eigenvalue weighted by Crippen LogP contribution is 2.30. The third-order valence-corrected chi connectivity index (χ3v) is 6.13. The van der Waals surface area contributed by atoms with Gasteiger partial charge >= 0.3 is 6.03 Å². The third-order valence-electron chi connectivity index (χ3n) is 6.13. The van der Waals surface area contributed by atoms with Crippen LogP contribution in [0.1, 0.15) is 54.2 Å². The summed E-state index contributed by atoms with van der Waals surface area (Å²) >= 11 is 0. The van der Waals surface area contributed by atoms with Crippen molar-refractivity contribution in [3.63, 3.8) is 0 Å². The molecule has 6 heteroatoms. The number of benzene rings is 2. The summed E-state index contributed by atoms with van der Waals surface area (Å²) in [6.07, 6.45) is 4.50. The van der Waals surface area contributed by atoms with E-state index in [2.05, 4.69) is 24.1 Å². The second-order valence-corrected chi connectivity index (χ2v) is 8.21. The Kier molecular flexibility index (Phi) is 5.39. The number of ketones is 1. The standard InChI is InChI=1S/C25H27N3O3/c1-4-7-16-10-12-18(13-11-16)25(3)23(30)28(24(31)27-25)15-21(29)20-14-26-22-17(5-2)8-6-9-19(20)22/h6,8-14,26H,4-5,7,15H2,1-3H3,(H,27,31)/t25-/m1/s1. The predicted molar refractivity (Wildman–Crippen MR) is 120 cm³/mol. The Morgan fingerprint density at radius 1 is 1.06 bits per heavy atom. The molecule has 1 atom stereocenters. The number of aryl methyl sites for hydroxylation is 2. The summed E-state index contributed by atoms with van der Waals surface area (Å²) in [4.78, 5) is 43.1. The predicted octanol–water partition coefficient (Wildman–Crippen LogP) is 4.33. The number of hydrogen-bond acceptors (Lipinski definition) is 3. The van der Waals surface area contributed by atoms with Gasteiger partial charge in [0.05, 0.1) is 6.54 Å². The number of rotatable bonds is 7. The Hall–Kier alpha value is -3.41. The fourth-order valence-corrected chi connectivity index (χ4v) is 4.30. The molecule has 2 aromatic carbocycles. The number of carbonyl (C=O) groups is 3. The van der Waals surface area contributed by atoms with Crippen molar-refractivity contribution in [3.05, 3.63) is 70.9 Å². The zero-order chi connectivity index (χ0) is 22.2. The molecule has 0 saturated carbocycles. The lowest BCUT2D eigenvalue weighted by molar-refractivity contribution is -0.130. The van der Waals surface area contributed by atoms with Gasteiger partial charge in [-0.1, -0.05) is 62.7 Å². The molecule has 2 heterocycles. The van der Waals surface area contributed by atoms with Crippen LogP contribution in [0.4, 0.5) is 4.79 Å². The number of Topliss-reactive ketones (excluding diaryl/α,β-unsaturated/α-hetero) is 1. The quantitative estimate of drug-likeness (QED) is 0.443. The van der Waals surface area contributed by atoms with Crippen molar-refractivity contribution in [1.82, 2.24) is 15.2 Å². The number of para-hydroxylation sites is 1. The Morgan fingerprint density at radius 2 is 1.81 bits per heavy atom. The molecular weight excluding hydrogens is 390 g/mol. The van der Waals surface area contributed by atoms with Crippen molar-refractivity contribution < 1.29 is 14.4 Å². The van der Waals surface area contributed by atoms with Crippen LogP contribution >= 0.6 is 0 Å². The minimum atomic E-state index is -1.18. The van der Waals surface area contributed by atoms with E-state index in [0.29, 0.717) is 11.1 Å². The third kappa shape index (κ3) is 3.52. The second kappa shape index (κ2) is 8.02. The summed E-state index contributed by atoms with van der Waals surface area (Å²) in [6.45, 7) is 5.56. The smallest absolute Gasteiger partial charge is 0.325 e. The molecule has 2 N–H and O–H groups in total. The van der Waals surface area contributed by atoms with E-state index in [9.17, 15) is 14.4 Å². The van der Waals surface area contributed by atoms with Crippen LogP contribution < -0.4 is 5.32 Å². The summed E-state index contributed by atoms with van der Waals surface area (Å²) in [5.41, 5.74) is 3.24. The van der Waals surface area contributed by atoms with Crippen LogP contribution in [0.3, 0.4) is 0 Å². The number of imide groups is 1. The highest BCUT2D eigenvalue weighted by molar-refractivity contribution is 6.14. The molecule has 160 valence electrons. The normalized spacial score (nSPS) is 18.6. The zero-order valence-corrected chi connectivity index (χ0v) is 18.1. The molecule has 1 aromatic heterocycles. The Labute approximate surface area is 181 Å². The number of fused-ring (bicyclic) bond motifs is 1. The van der Waals surface area contributed by atoms with E-state index in [0.717, 1.165) is 40.6 Å². The first-order chi connectivity index (χ1) is 14.9. The van der Waals surface area contributed by atoms with Crippen LogP contribution in [0.5, 0.6) is 0 Å². The van der Waals surface area contributed by atoms with Crippen LogP contribution in [-0.2, 0) is 23.2 Å². The van der Waals surface area contributed by atoms with Gasteiger partial charge in [0.2, 0.25) is 0 Å². The number of hydrogen-bond donors (Lipinski definition) is 2. The molecule has 0 radical (unpaired) electrons. The molecule has 6 nitrogen and oxygen atoms in total. The van der Waals surface area contributed by atoms with Crippen LogP contribution in [-0.4, -0.2) is 34.2 Å². The summed E-state index contributed by atoms with van der Waals surface area (Å²) in [6, 6.07) is 13.0. The topological polar surface area (TPSA) is 82.3 Å². The lowest BCUT2D eigenvalue weighted by Crippen LogP contribution is -2.41. The molecule has 31 heavy (non-hydrogen) atoms. The number of amides is 3. The summed E-state index contributed by atoms with van der Waals surface area (Å²) < 4.78 is 0. The van der Waals surface area contributed by atoms with Gasteiger partial charge in [-0.15, -0.1) is 0 Å². The first-order valence-corrected chi connectivity index (χ1v) is 10.7. The molecule has 1 aliphatic heterocycles. The molecule has 1 fully saturated rings. The number of aromatic amines is 1. The van der Waals surface area contributed by atoms with E-state index >= 15 is 0 Å². The Balaban J connectivity index is 1.58. The van der Waals surface area contributed by atoms with Gasteiger partial charge in [0.15, 0.2) is 5.78 Å². The molecule has 1 aliphatic rings. The Bertz CT molecular complexity index is 1160. The summed E-state index contributed by atoms with van der Waals surface area (Å²) in [7, 11) is 0. The number of carbonyl (C=O) groups excluding carboxylic acids is 3. The number of H-pyrrole nitrogens is 1. The van der Waals surface area contributed by atoms with Gasteiger partial charge < -0.3 is 10.3 Å². The maximum absolute atomic E-state index is 13.2. The van der Waals surface area contributed by atoms with E-state index in [1.165, 1.54) is 5.56 Å². The van der Waals surface area contributed by atoms with Crippen LogP contribution in [0.2, 0.25) is 0 Å². The van der Waals surface area contributed by atoms with Gasteiger partial charge in [-0.25, -0.2) is 4.79 Å². The first-order valence-electron chi connectivity index (χ1n) is 10.7. The van der Waals surface area contributed by atoms with Gasteiger partial charge in [-0.3, -0.25) is 14.5 Å². The van der Waals surface area contributed by atoms with E-state index in [1.54, 1.807) is 13.1 Å². The molecule has 4 rings (SSSR count). The van der Waals surface area contributed by atoms with Gasteiger partial charge in [0, 0.05) is 22.7 Å². The van der Waals surface area contributed by atoms with E-state index in [-0.39, 0.29) is 12.3 Å². The van der Waals surface area contributed by atoms with Crippen molar-refractivity contribution in [2.75, 3.05) is 6.54 Å². The molecular formula is C25H27N3O3. The second-order valence-electron chi connectivity index (χ2n) is 8.21. The molecule has 0 spiro atoms. The minimum Gasteiger partial charge on any atom is -0.360 e. The number of nitrogens with zero attached hydrogens (tertiary/aromatic N) is 1. The maximum Gasteiger partial charge on any atom is 0.325 e. The minimum absolute atomic E-state index is 0.273. The van der Waals surface area contributed by atoms with E-state index in [4.69, 9.17) is 0 Å². The fraction of sp³-hybridized carbons (Fsp3) is 0.320. The van der Waals surface area contributed by atoms with Crippen molar-refractivity contribution in [1.29, 1.82) is 0 Å². The first kappa shape index (κ1) is 20.8. The van der Waals surface area contributed by atoms with Crippen LogP contribution in [0.15, 0.2) is 48.7 Å². The number of nitrogens with one attached hydrogen (secondary N) is 2. The average molecular weight is 418 g/mol. The molecule has 3 amide bonds. The lowest BCUT2D eigenvalue weighted by atomic mass is 9.91. The molecule has 0 bridgehead atoms. The van der Waals surface area contributed by atoms with E-state index in [1.807, 2.05) is 42.5 Å². The average Bonchev–Trinajstić information content (AvgIpc) is 3.30. The van der Waals surface area contributed by atoms with Gasteiger partial charge in [0.25, 0.3) is 5.91 Å².